The van der Waals surface area contributed by atoms with Crippen molar-refractivity contribution in [1.29, 1.82) is 0 Å². The van der Waals surface area contributed by atoms with Gasteiger partial charge in [0.25, 0.3) is 0 Å². The van der Waals surface area contributed by atoms with Gasteiger partial charge in [0.1, 0.15) is 17.0 Å². The van der Waals surface area contributed by atoms with Crippen LogP contribution in [0.15, 0.2) is 6.33 Å². The maximum atomic E-state index is 4.67. The molecule has 1 N–H and O–H groups in total. The number of piperazine rings is 1. The fourth-order valence-electron chi connectivity index (χ4n) is 3.95. The maximum Gasteiger partial charge on any atom is 0.141 e. The molecule has 1 saturated heterocycles. The molecule has 23 heavy (non-hydrogen) atoms. The van der Waals surface area contributed by atoms with Gasteiger partial charge in [-0.05, 0) is 36.2 Å². The van der Waals surface area contributed by atoms with Gasteiger partial charge in [0.2, 0.25) is 0 Å². The van der Waals surface area contributed by atoms with E-state index in [9.17, 15) is 0 Å². The van der Waals surface area contributed by atoms with E-state index in [2.05, 4.69) is 41.0 Å². The Bertz CT molecular complexity index is 710. The van der Waals surface area contributed by atoms with Gasteiger partial charge in [-0.3, -0.25) is 0 Å². The van der Waals surface area contributed by atoms with Crippen LogP contribution in [-0.4, -0.2) is 36.1 Å². The highest BCUT2D eigenvalue weighted by Crippen LogP contribution is 2.44. The Kier molecular flexibility index (Phi) is 3.81. The summed E-state index contributed by atoms with van der Waals surface area (Å²) in [6.45, 7) is 11.3. The number of aromatic nitrogens is 2. The lowest BCUT2D eigenvalue weighted by atomic mass is 9.72. The molecular formula is C18H26N4S. The molecular weight excluding hydrogens is 304 g/mol. The van der Waals surface area contributed by atoms with Gasteiger partial charge in [-0.1, -0.05) is 20.8 Å². The predicted octanol–water partition coefficient (Wildman–Crippen LogP) is 3.25. The Hall–Kier alpha value is -1.20. The number of thiophene rings is 1. The van der Waals surface area contributed by atoms with Gasteiger partial charge in [0.05, 0.1) is 5.39 Å². The highest BCUT2D eigenvalue weighted by molar-refractivity contribution is 7.19. The summed E-state index contributed by atoms with van der Waals surface area (Å²) in [5.41, 5.74) is 1.93. The van der Waals surface area contributed by atoms with Crippen molar-refractivity contribution in [3.63, 3.8) is 0 Å². The van der Waals surface area contributed by atoms with E-state index in [1.54, 1.807) is 16.8 Å². The molecule has 1 aliphatic carbocycles. The number of nitrogens with zero attached hydrogens (tertiary/aromatic N) is 3. The van der Waals surface area contributed by atoms with Crippen molar-refractivity contribution >= 4 is 27.4 Å². The molecule has 0 unspecified atom stereocenters. The van der Waals surface area contributed by atoms with E-state index in [0.29, 0.717) is 5.41 Å². The summed E-state index contributed by atoms with van der Waals surface area (Å²) in [5, 5.41) is 4.78. The zero-order valence-electron chi connectivity index (χ0n) is 14.4. The first-order valence-corrected chi connectivity index (χ1v) is 9.56. The van der Waals surface area contributed by atoms with Crippen LogP contribution in [0.3, 0.4) is 0 Å². The average Bonchev–Trinajstić information content (AvgIpc) is 2.92. The van der Waals surface area contributed by atoms with Crippen molar-refractivity contribution < 1.29 is 0 Å². The number of nitrogens with one attached hydrogen (secondary N) is 1. The summed E-state index contributed by atoms with van der Waals surface area (Å²) < 4.78 is 0. The van der Waals surface area contributed by atoms with E-state index >= 15 is 0 Å². The lowest BCUT2D eigenvalue weighted by Crippen LogP contribution is -2.44. The van der Waals surface area contributed by atoms with Gasteiger partial charge in [0.15, 0.2) is 0 Å². The van der Waals surface area contributed by atoms with Gasteiger partial charge in [-0.15, -0.1) is 11.3 Å². The molecule has 1 fully saturated rings. The molecule has 0 spiro atoms. The van der Waals surface area contributed by atoms with Crippen LogP contribution in [0.5, 0.6) is 0 Å². The Morgan fingerprint density at radius 2 is 2.00 bits per heavy atom. The monoisotopic (exact) mass is 330 g/mol. The summed E-state index contributed by atoms with van der Waals surface area (Å²) in [4.78, 5) is 14.4. The zero-order chi connectivity index (χ0) is 16.0. The molecule has 5 heteroatoms. The fourth-order valence-corrected chi connectivity index (χ4v) is 5.21. The number of anilines is 1. The van der Waals surface area contributed by atoms with Crippen LogP contribution in [0.1, 0.15) is 37.6 Å². The normalized spacial score (nSPS) is 22.4. The van der Waals surface area contributed by atoms with Crippen LogP contribution < -0.4 is 10.2 Å². The van der Waals surface area contributed by atoms with Crippen LogP contribution in [-0.2, 0) is 12.8 Å². The lowest BCUT2D eigenvalue weighted by molar-refractivity contribution is 0.218. The highest BCUT2D eigenvalue weighted by atomic mass is 32.1. The molecule has 4 nitrogen and oxygen atoms in total. The molecule has 1 aliphatic heterocycles. The summed E-state index contributed by atoms with van der Waals surface area (Å²) in [5.74, 6) is 1.95. The lowest BCUT2D eigenvalue weighted by Gasteiger charge is -2.34. The average molecular weight is 331 g/mol. The molecule has 2 aliphatic rings. The SMILES string of the molecule is CC(C)(C)[C@H]1CCc2c(sc3ncnc(N4CCNCC4)c23)C1. The van der Waals surface area contributed by atoms with Crippen LogP contribution in [0.2, 0.25) is 0 Å². The number of hydrogen-bond acceptors (Lipinski definition) is 5. The van der Waals surface area contributed by atoms with Crippen molar-refractivity contribution in [2.45, 2.75) is 40.0 Å². The van der Waals surface area contributed by atoms with E-state index < -0.39 is 0 Å². The maximum absolute atomic E-state index is 4.67. The van der Waals surface area contributed by atoms with Gasteiger partial charge < -0.3 is 10.2 Å². The number of rotatable bonds is 1. The van der Waals surface area contributed by atoms with Gasteiger partial charge in [-0.2, -0.15) is 0 Å². The van der Waals surface area contributed by atoms with Crippen molar-refractivity contribution in [1.82, 2.24) is 15.3 Å². The molecule has 2 aromatic heterocycles. The summed E-state index contributed by atoms with van der Waals surface area (Å²) in [7, 11) is 0. The third kappa shape index (κ3) is 2.74. The number of aryl methyl sites for hydroxylation is 1. The minimum Gasteiger partial charge on any atom is -0.353 e. The van der Waals surface area contributed by atoms with Gasteiger partial charge >= 0.3 is 0 Å². The minimum atomic E-state index is 0.390. The molecule has 1 atom stereocenters. The number of hydrogen-bond donors (Lipinski definition) is 1. The van der Waals surface area contributed by atoms with Gasteiger partial charge in [0, 0.05) is 31.1 Å². The van der Waals surface area contributed by atoms with Crippen molar-refractivity contribution in [3.8, 4) is 0 Å². The second-order valence-electron chi connectivity index (χ2n) is 7.92. The summed E-state index contributed by atoms with van der Waals surface area (Å²) in [6, 6.07) is 0. The Morgan fingerprint density at radius 1 is 1.22 bits per heavy atom. The summed E-state index contributed by atoms with van der Waals surface area (Å²) in [6.07, 6.45) is 5.44. The molecule has 0 aromatic carbocycles. The Morgan fingerprint density at radius 3 is 2.74 bits per heavy atom. The van der Waals surface area contributed by atoms with Crippen LogP contribution in [0.25, 0.3) is 10.2 Å². The number of fused-ring (bicyclic) bond motifs is 3. The quantitative estimate of drug-likeness (QED) is 0.871. The highest BCUT2D eigenvalue weighted by Gasteiger charge is 2.32. The third-order valence-electron chi connectivity index (χ3n) is 5.47. The molecule has 0 saturated carbocycles. The fraction of sp³-hybridized carbons (Fsp3) is 0.667. The van der Waals surface area contributed by atoms with Crippen molar-refractivity contribution in [3.05, 3.63) is 16.8 Å². The first-order valence-electron chi connectivity index (χ1n) is 8.75. The second-order valence-corrected chi connectivity index (χ2v) is 9.01. The van der Waals surface area contributed by atoms with E-state index in [0.717, 1.165) is 32.1 Å². The largest absolute Gasteiger partial charge is 0.353 e. The molecule has 0 radical (unpaired) electrons. The predicted molar refractivity (Wildman–Crippen MR) is 97.5 cm³/mol. The molecule has 0 bridgehead atoms. The first-order chi connectivity index (χ1) is 11.0. The van der Waals surface area contributed by atoms with Crippen molar-refractivity contribution in [2.24, 2.45) is 11.3 Å². The first kappa shape index (κ1) is 15.3. The molecule has 4 rings (SSSR count). The van der Waals surface area contributed by atoms with Crippen molar-refractivity contribution in [2.75, 3.05) is 31.1 Å². The minimum absolute atomic E-state index is 0.390. The van der Waals surface area contributed by atoms with E-state index in [4.69, 9.17) is 0 Å². The molecule has 2 aromatic rings. The molecule has 124 valence electrons. The topological polar surface area (TPSA) is 41.1 Å². The van der Waals surface area contributed by atoms with E-state index in [1.807, 2.05) is 11.3 Å². The van der Waals surface area contributed by atoms with Gasteiger partial charge in [-0.25, -0.2) is 9.97 Å². The third-order valence-corrected chi connectivity index (χ3v) is 6.63. The van der Waals surface area contributed by atoms with E-state index in [1.165, 1.54) is 35.3 Å². The van der Waals surface area contributed by atoms with Crippen LogP contribution in [0, 0.1) is 11.3 Å². The summed E-state index contributed by atoms with van der Waals surface area (Å²) >= 11 is 1.90. The van der Waals surface area contributed by atoms with Crippen LogP contribution >= 0.6 is 11.3 Å². The van der Waals surface area contributed by atoms with E-state index in [-0.39, 0.29) is 0 Å². The molecule has 0 amide bonds. The van der Waals surface area contributed by atoms with Crippen LogP contribution in [0.4, 0.5) is 5.82 Å². The second kappa shape index (κ2) is 5.71. The Balaban J connectivity index is 1.76. The molecule has 3 heterocycles. The zero-order valence-corrected chi connectivity index (χ0v) is 15.2. The Labute approximate surface area is 142 Å². The smallest absolute Gasteiger partial charge is 0.141 e. The standard InChI is InChI=1S/C18H26N4S/c1-18(2,3)12-4-5-13-14(10-12)23-17-15(13)16(20-11-21-17)22-8-6-19-7-9-22/h11-12,19H,4-10H2,1-3H3/t12-/m0/s1.